The second-order valence-corrected chi connectivity index (χ2v) is 3.52. The summed E-state index contributed by atoms with van der Waals surface area (Å²) in [5.74, 6) is 1.58. The molecule has 0 bridgehead atoms. The first-order valence-electron chi connectivity index (χ1n) is 5.30. The first-order valence-corrected chi connectivity index (χ1v) is 5.30. The summed E-state index contributed by atoms with van der Waals surface area (Å²) in [6, 6.07) is 5.14. The molecule has 0 radical (unpaired) electrons. The van der Waals surface area contributed by atoms with E-state index in [1.54, 1.807) is 25.3 Å². The molecule has 0 aliphatic carbocycles. The molecule has 0 atom stereocenters. The summed E-state index contributed by atoms with van der Waals surface area (Å²) in [7, 11) is 3.08. The number of nitrogens with one attached hydrogen (secondary N) is 1. The maximum absolute atomic E-state index is 11.7. The van der Waals surface area contributed by atoms with E-state index in [4.69, 9.17) is 15.2 Å². The molecule has 2 aromatic rings. The fourth-order valence-corrected chi connectivity index (χ4v) is 1.68. The van der Waals surface area contributed by atoms with Gasteiger partial charge in [-0.2, -0.15) is 5.10 Å². The van der Waals surface area contributed by atoms with Crippen LogP contribution in [0.2, 0.25) is 0 Å². The predicted molar refractivity (Wildman–Crippen MR) is 65.2 cm³/mol. The van der Waals surface area contributed by atoms with Crippen LogP contribution in [0.1, 0.15) is 5.82 Å². The smallest absolute Gasteiger partial charge is 0.348 e. The van der Waals surface area contributed by atoms with Crippen molar-refractivity contribution in [1.82, 2.24) is 14.8 Å². The number of benzene rings is 1. The van der Waals surface area contributed by atoms with Crippen molar-refractivity contribution >= 4 is 0 Å². The summed E-state index contributed by atoms with van der Waals surface area (Å²) in [5.41, 5.74) is 5.75. The lowest BCUT2D eigenvalue weighted by Crippen LogP contribution is -2.19. The van der Waals surface area contributed by atoms with Gasteiger partial charge >= 0.3 is 5.69 Å². The second kappa shape index (κ2) is 4.92. The quantitative estimate of drug-likeness (QED) is 0.798. The molecule has 7 nitrogen and oxygen atoms in total. The summed E-state index contributed by atoms with van der Waals surface area (Å²) in [6.45, 7) is 0.147. The Morgan fingerprint density at radius 3 is 2.78 bits per heavy atom. The number of methoxy groups -OCH3 is 2. The number of nitrogens with two attached hydrogens (primary N) is 1. The predicted octanol–water partition coefficient (Wildman–Crippen LogP) is 0.0365. The summed E-state index contributed by atoms with van der Waals surface area (Å²) in [6.07, 6.45) is 0. The highest BCUT2D eigenvalue weighted by Gasteiger charge is 2.14. The number of nitrogens with zero attached hydrogens (tertiary/aromatic N) is 2. The van der Waals surface area contributed by atoms with Crippen molar-refractivity contribution in [2.45, 2.75) is 6.54 Å². The van der Waals surface area contributed by atoms with Crippen LogP contribution in [0.25, 0.3) is 5.69 Å². The van der Waals surface area contributed by atoms with Gasteiger partial charge in [0, 0.05) is 6.07 Å². The lowest BCUT2D eigenvalue weighted by Gasteiger charge is -2.11. The number of hydrogen-bond acceptors (Lipinski definition) is 5. The number of H-pyrrole nitrogens is 1. The topological polar surface area (TPSA) is 95.2 Å². The van der Waals surface area contributed by atoms with Gasteiger partial charge in [-0.05, 0) is 12.1 Å². The Kier molecular flexibility index (Phi) is 3.33. The Balaban J connectivity index is 2.63. The molecule has 0 aliphatic rings. The molecule has 0 unspecified atom stereocenters. The number of aromatic amines is 1. The molecule has 1 aromatic carbocycles. The van der Waals surface area contributed by atoms with Crippen molar-refractivity contribution < 1.29 is 9.47 Å². The van der Waals surface area contributed by atoms with Gasteiger partial charge in [-0.15, -0.1) is 0 Å². The molecular weight excluding hydrogens is 236 g/mol. The van der Waals surface area contributed by atoms with Gasteiger partial charge in [0.1, 0.15) is 11.5 Å². The van der Waals surface area contributed by atoms with Gasteiger partial charge in [-0.1, -0.05) is 0 Å². The molecule has 96 valence electrons. The lowest BCUT2D eigenvalue weighted by molar-refractivity contribution is 0.393. The maximum atomic E-state index is 11.7. The molecular formula is C11H14N4O3. The van der Waals surface area contributed by atoms with Crippen molar-refractivity contribution in [3.05, 3.63) is 34.5 Å². The number of hydrogen-bond donors (Lipinski definition) is 2. The second-order valence-electron chi connectivity index (χ2n) is 3.52. The van der Waals surface area contributed by atoms with E-state index in [0.29, 0.717) is 23.0 Å². The fourth-order valence-electron chi connectivity index (χ4n) is 1.68. The van der Waals surface area contributed by atoms with Gasteiger partial charge in [0.05, 0.1) is 26.5 Å². The van der Waals surface area contributed by atoms with E-state index in [9.17, 15) is 4.79 Å². The lowest BCUT2D eigenvalue weighted by atomic mass is 10.2. The van der Waals surface area contributed by atoms with E-state index >= 15 is 0 Å². The average Bonchev–Trinajstić information content (AvgIpc) is 2.78. The van der Waals surface area contributed by atoms with Crippen molar-refractivity contribution in [2.24, 2.45) is 5.73 Å². The molecule has 18 heavy (non-hydrogen) atoms. The van der Waals surface area contributed by atoms with Gasteiger partial charge in [-0.3, -0.25) is 0 Å². The minimum absolute atomic E-state index is 0.147. The van der Waals surface area contributed by atoms with Gasteiger partial charge < -0.3 is 15.2 Å². The zero-order chi connectivity index (χ0) is 13.1. The molecule has 7 heteroatoms. The third-order valence-electron chi connectivity index (χ3n) is 2.55. The van der Waals surface area contributed by atoms with E-state index in [-0.39, 0.29) is 12.2 Å². The van der Waals surface area contributed by atoms with Crippen LogP contribution in [0.5, 0.6) is 11.5 Å². The number of rotatable bonds is 4. The zero-order valence-electron chi connectivity index (χ0n) is 10.1. The molecule has 0 fully saturated rings. The van der Waals surface area contributed by atoms with Crippen LogP contribution in [-0.4, -0.2) is 29.0 Å². The van der Waals surface area contributed by atoms with Crippen LogP contribution < -0.4 is 20.9 Å². The van der Waals surface area contributed by atoms with Crippen molar-refractivity contribution in [1.29, 1.82) is 0 Å². The van der Waals surface area contributed by atoms with Crippen molar-refractivity contribution in [2.75, 3.05) is 14.2 Å². The van der Waals surface area contributed by atoms with E-state index in [2.05, 4.69) is 10.2 Å². The Bertz CT molecular complexity index is 603. The molecule has 0 aliphatic heterocycles. The van der Waals surface area contributed by atoms with E-state index in [1.807, 2.05) is 0 Å². The van der Waals surface area contributed by atoms with Crippen LogP contribution in [0, 0.1) is 0 Å². The molecule has 3 N–H and O–H groups in total. The van der Waals surface area contributed by atoms with Crippen LogP contribution in [0.3, 0.4) is 0 Å². The van der Waals surface area contributed by atoms with Crippen molar-refractivity contribution in [3.63, 3.8) is 0 Å². The average molecular weight is 250 g/mol. The van der Waals surface area contributed by atoms with E-state index in [1.165, 1.54) is 11.7 Å². The highest BCUT2D eigenvalue weighted by atomic mass is 16.5. The zero-order valence-corrected chi connectivity index (χ0v) is 10.1. The molecule has 2 rings (SSSR count). The van der Waals surface area contributed by atoms with E-state index in [0.717, 1.165) is 0 Å². The van der Waals surface area contributed by atoms with Gasteiger partial charge in [-0.25, -0.2) is 14.5 Å². The third-order valence-corrected chi connectivity index (χ3v) is 2.55. The van der Waals surface area contributed by atoms with E-state index < -0.39 is 0 Å². The van der Waals surface area contributed by atoms with Gasteiger partial charge in [0.25, 0.3) is 0 Å². The Hall–Kier alpha value is -2.28. The molecule has 0 saturated heterocycles. The highest BCUT2D eigenvalue weighted by Crippen LogP contribution is 2.27. The fraction of sp³-hybridized carbons (Fsp3) is 0.273. The van der Waals surface area contributed by atoms with Crippen molar-refractivity contribution in [3.8, 4) is 17.2 Å². The van der Waals surface area contributed by atoms with Crippen LogP contribution in [-0.2, 0) is 6.54 Å². The molecule has 0 spiro atoms. The Morgan fingerprint density at radius 1 is 1.39 bits per heavy atom. The van der Waals surface area contributed by atoms with Crippen LogP contribution >= 0.6 is 0 Å². The third kappa shape index (κ3) is 1.95. The SMILES string of the molecule is COc1ccc(-n2c(CN)n[nH]c2=O)c(OC)c1. The largest absolute Gasteiger partial charge is 0.497 e. The standard InChI is InChI=1S/C11H14N4O3/c1-17-7-3-4-8(9(5-7)18-2)15-10(6-12)13-14-11(15)16/h3-5H,6,12H2,1-2H3,(H,14,16). The maximum Gasteiger partial charge on any atom is 0.348 e. The summed E-state index contributed by atoms with van der Waals surface area (Å²) < 4.78 is 11.7. The molecule has 0 saturated carbocycles. The molecule has 1 heterocycles. The number of ether oxygens (including phenoxy) is 2. The first-order chi connectivity index (χ1) is 8.71. The summed E-state index contributed by atoms with van der Waals surface area (Å²) >= 11 is 0. The van der Waals surface area contributed by atoms with Gasteiger partial charge in [0.2, 0.25) is 0 Å². The van der Waals surface area contributed by atoms with Gasteiger partial charge in [0.15, 0.2) is 5.82 Å². The minimum Gasteiger partial charge on any atom is -0.497 e. The Labute approximate surface area is 103 Å². The Morgan fingerprint density at radius 2 is 2.17 bits per heavy atom. The first kappa shape index (κ1) is 12.2. The number of aromatic nitrogens is 3. The molecule has 1 aromatic heterocycles. The summed E-state index contributed by atoms with van der Waals surface area (Å²) in [5, 5.41) is 6.20. The van der Waals surface area contributed by atoms with Crippen LogP contribution in [0.15, 0.2) is 23.0 Å². The normalized spacial score (nSPS) is 10.4. The molecule has 0 amide bonds. The van der Waals surface area contributed by atoms with Crippen LogP contribution in [0.4, 0.5) is 0 Å². The monoisotopic (exact) mass is 250 g/mol. The summed E-state index contributed by atoms with van der Waals surface area (Å²) in [4.78, 5) is 11.7. The minimum atomic E-state index is -0.362. The highest BCUT2D eigenvalue weighted by molar-refractivity contribution is 5.51.